The van der Waals surface area contributed by atoms with Gasteiger partial charge in [-0.15, -0.1) is 0 Å². The average Bonchev–Trinajstić information content (AvgIpc) is 3.28. The van der Waals surface area contributed by atoms with Crippen molar-refractivity contribution in [2.75, 3.05) is 80.4 Å². The van der Waals surface area contributed by atoms with Crippen molar-refractivity contribution in [1.29, 1.82) is 0 Å². The molecule has 0 saturated carbocycles. The van der Waals surface area contributed by atoms with Crippen LogP contribution in [0.2, 0.25) is 0 Å². The van der Waals surface area contributed by atoms with E-state index < -0.39 is 12.1 Å². The molecular formula is C47H57N9O7S. The zero-order valence-electron chi connectivity index (χ0n) is 37.1. The van der Waals surface area contributed by atoms with Crippen molar-refractivity contribution in [3.63, 3.8) is 0 Å². The van der Waals surface area contributed by atoms with E-state index in [1.54, 1.807) is 60.7 Å². The van der Waals surface area contributed by atoms with E-state index in [9.17, 15) is 19.2 Å². The molecule has 17 heteroatoms. The molecule has 1 aliphatic rings. The van der Waals surface area contributed by atoms with E-state index >= 15 is 0 Å². The molecule has 1 aliphatic heterocycles. The van der Waals surface area contributed by atoms with Crippen molar-refractivity contribution in [3.8, 4) is 23.0 Å². The Hall–Kier alpha value is -6.56. The number of piperazine rings is 1. The second-order valence-electron chi connectivity index (χ2n) is 16.2. The SMILES string of the molecule is COc1cc(Nc2cc(Oc3ccc(NC(=O)Nc4cc(C(C)(C)C)cc(NSC)c4OC)c4ccccc34)ccn2)ccc1C(=O)NCCN1CCN(C(=O)C(N)CCC=O)CC1. The molecule has 6 rings (SSSR count). The summed E-state index contributed by atoms with van der Waals surface area (Å²) in [5.74, 6) is 2.11. The molecule has 0 bridgehead atoms. The molecule has 0 radical (unpaired) electrons. The van der Waals surface area contributed by atoms with E-state index in [4.69, 9.17) is 19.9 Å². The maximum absolute atomic E-state index is 13.5. The summed E-state index contributed by atoms with van der Waals surface area (Å²) in [6, 6.07) is 22.8. The van der Waals surface area contributed by atoms with E-state index in [1.165, 1.54) is 19.1 Å². The van der Waals surface area contributed by atoms with Gasteiger partial charge in [-0.1, -0.05) is 57.0 Å². The fraction of sp³-hybridized carbons (Fsp3) is 0.340. The molecule has 1 unspecified atom stereocenters. The van der Waals surface area contributed by atoms with E-state index in [-0.39, 0.29) is 23.7 Å². The van der Waals surface area contributed by atoms with Crippen LogP contribution in [0.4, 0.5) is 33.4 Å². The van der Waals surface area contributed by atoms with Crippen molar-refractivity contribution >= 4 is 75.4 Å². The summed E-state index contributed by atoms with van der Waals surface area (Å²) in [7, 11) is 3.08. The normalized spacial score (nSPS) is 13.4. The van der Waals surface area contributed by atoms with Gasteiger partial charge in [0, 0.05) is 86.7 Å². The lowest BCUT2D eigenvalue weighted by atomic mass is 9.86. The van der Waals surface area contributed by atoms with Gasteiger partial charge in [0.1, 0.15) is 29.4 Å². The van der Waals surface area contributed by atoms with E-state index in [0.717, 1.165) is 28.3 Å². The highest BCUT2D eigenvalue weighted by molar-refractivity contribution is 7.99. The van der Waals surface area contributed by atoms with E-state index in [0.29, 0.717) is 97.1 Å². The summed E-state index contributed by atoms with van der Waals surface area (Å²) in [6.45, 7) is 9.77. The summed E-state index contributed by atoms with van der Waals surface area (Å²) in [6.07, 6.45) is 4.94. The van der Waals surface area contributed by atoms with Crippen LogP contribution in [0.3, 0.4) is 0 Å². The van der Waals surface area contributed by atoms with Crippen LogP contribution in [0.1, 0.15) is 49.5 Å². The Bertz CT molecular complexity index is 2450. The number of methoxy groups -OCH3 is 2. The number of benzene rings is 4. The molecule has 0 aliphatic carbocycles. The lowest BCUT2D eigenvalue weighted by Crippen LogP contribution is -2.54. The number of anilines is 5. The molecule has 1 fully saturated rings. The van der Waals surface area contributed by atoms with Crippen LogP contribution in [0.25, 0.3) is 10.8 Å². The Morgan fingerprint density at radius 2 is 1.61 bits per heavy atom. The standard InChI is InChI=1S/C47H57N9O7S/c1-47(2,3)30-26-38(43(62-5)39(27-30)54-64-6)53-46(60)52-37-15-16-40(34-11-8-7-10-33(34)37)63-32-17-18-49-42(29-32)51-31-13-14-35(41(28-31)61-4)44(58)50-19-20-55-21-23-56(24-22-55)45(59)36(48)12-9-25-57/h7-8,10-11,13-18,25-29,36,54H,9,12,19-24,48H2,1-6H3,(H,49,51)(H,50,58)(H2,52,53,60). The van der Waals surface area contributed by atoms with Gasteiger partial charge < -0.3 is 55.6 Å². The number of nitrogens with zero attached hydrogens (tertiary/aromatic N) is 3. The third-order valence-corrected chi connectivity index (χ3v) is 11.2. The first-order valence-corrected chi connectivity index (χ1v) is 22.2. The molecule has 4 amide bonds. The molecule has 1 saturated heterocycles. The monoisotopic (exact) mass is 891 g/mol. The molecule has 2 heterocycles. The van der Waals surface area contributed by atoms with Crippen LogP contribution in [0.5, 0.6) is 23.0 Å². The van der Waals surface area contributed by atoms with Crippen LogP contribution in [0.15, 0.2) is 85.1 Å². The highest BCUT2D eigenvalue weighted by Crippen LogP contribution is 2.40. The van der Waals surface area contributed by atoms with E-state index in [1.807, 2.05) is 42.7 Å². The molecule has 4 aromatic carbocycles. The van der Waals surface area contributed by atoms with Crippen LogP contribution in [-0.4, -0.2) is 105 Å². The van der Waals surface area contributed by atoms with Gasteiger partial charge in [0.2, 0.25) is 5.91 Å². The predicted octanol–water partition coefficient (Wildman–Crippen LogP) is 7.60. The Labute approximate surface area is 378 Å². The molecule has 64 heavy (non-hydrogen) atoms. The number of fused-ring (bicyclic) bond motifs is 1. The first kappa shape index (κ1) is 46.9. The summed E-state index contributed by atoms with van der Waals surface area (Å²) in [5.41, 5.74) is 9.74. The van der Waals surface area contributed by atoms with Gasteiger partial charge in [0.05, 0.1) is 42.9 Å². The Balaban J connectivity index is 1.06. The molecule has 338 valence electrons. The number of hydrogen-bond donors (Lipinski definition) is 6. The first-order valence-electron chi connectivity index (χ1n) is 21.0. The van der Waals surface area contributed by atoms with Gasteiger partial charge in [0.15, 0.2) is 5.75 Å². The quantitative estimate of drug-likeness (QED) is 0.0371. The number of carbonyl (C=O) groups is 4. The Morgan fingerprint density at radius 1 is 0.875 bits per heavy atom. The summed E-state index contributed by atoms with van der Waals surface area (Å²) in [5, 5.41) is 13.8. The second kappa shape index (κ2) is 21.7. The van der Waals surface area contributed by atoms with Crippen molar-refractivity contribution in [2.24, 2.45) is 5.73 Å². The maximum atomic E-state index is 13.5. The predicted molar refractivity (Wildman–Crippen MR) is 255 cm³/mol. The highest BCUT2D eigenvalue weighted by Gasteiger charge is 2.26. The molecule has 1 atom stereocenters. The molecule has 5 aromatic rings. The van der Waals surface area contributed by atoms with Gasteiger partial charge >= 0.3 is 6.03 Å². The number of nitrogens with two attached hydrogens (primary N) is 1. The van der Waals surface area contributed by atoms with E-state index in [2.05, 4.69) is 56.6 Å². The third kappa shape index (κ3) is 11.9. The summed E-state index contributed by atoms with van der Waals surface area (Å²) in [4.78, 5) is 58.4. The number of ether oxygens (including phenoxy) is 3. The number of aldehydes is 1. The zero-order valence-corrected chi connectivity index (χ0v) is 37.9. The third-order valence-electron chi connectivity index (χ3n) is 10.7. The minimum Gasteiger partial charge on any atom is -0.496 e. The Kier molecular flexibility index (Phi) is 15.9. The first-order chi connectivity index (χ1) is 30.8. The number of urea groups is 1. The van der Waals surface area contributed by atoms with Crippen LogP contribution in [-0.2, 0) is 15.0 Å². The number of rotatable bonds is 18. The zero-order chi connectivity index (χ0) is 45.8. The number of hydrogen-bond acceptors (Lipinski definition) is 13. The van der Waals surface area contributed by atoms with Crippen LogP contribution >= 0.6 is 11.9 Å². The maximum Gasteiger partial charge on any atom is 0.323 e. The summed E-state index contributed by atoms with van der Waals surface area (Å²) < 4.78 is 21.0. The van der Waals surface area contributed by atoms with Crippen LogP contribution < -0.4 is 45.9 Å². The van der Waals surface area contributed by atoms with Crippen molar-refractivity contribution in [1.82, 2.24) is 20.1 Å². The van der Waals surface area contributed by atoms with Gasteiger partial charge in [-0.25, -0.2) is 9.78 Å². The minimum absolute atomic E-state index is 0.134. The number of amides is 4. The van der Waals surface area contributed by atoms with Crippen LogP contribution in [0, 0.1) is 0 Å². The van der Waals surface area contributed by atoms with Crippen molar-refractivity contribution in [3.05, 3.63) is 96.2 Å². The average molecular weight is 892 g/mol. The topological polar surface area (TPSA) is 202 Å². The lowest BCUT2D eigenvalue weighted by Gasteiger charge is -2.35. The van der Waals surface area contributed by atoms with Crippen molar-refractivity contribution in [2.45, 2.75) is 45.1 Å². The Morgan fingerprint density at radius 3 is 2.31 bits per heavy atom. The number of carbonyl (C=O) groups excluding carboxylic acids is 4. The lowest BCUT2D eigenvalue weighted by molar-refractivity contribution is -0.134. The summed E-state index contributed by atoms with van der Waals surface area (Å²) >= 11 is 1.44. The minimum atomic E-state index is -0.668. The van der Waals surface area contributed by atoms with Gasteiger partial charge in [-0.05, 0) is 59.9 Å². The molecule has 7 N–H and O–H groups in total. The molecular weight excluding hydrogens is 835 g/mol. The number of pyridine rings is 1. The molecule has 16 nitrogen and oxygen atoms in total. The van der Waals surface area contributed by atoms with Gasteiger partial charge in [-0.2, -0.15) is 0 Å². The number of aromatic nitrogens is 1. The number of nitrogens with one attached hydrogen (secondary N) is 5. The van der Waals surface area contributed by atoms with Gasteiger partial charge in [-0.3, -0.25) is 14.5 Å². The molecule has 0 spiro atoms. The molecule has 1 aromatic heterocycles. The van der Waals surface area contributed by atoms with Crippen molar-refractivity contribution < 1.29 is 33.4 Å². The smallest absolute Gasteiger partial charge is 0.323 e. The highest BCUT2D eigenvalue weighted by atomic mass is 32.2. The second-order valence-corrected chi connectivity index (χ2v) is 16.8. The van der Waals surface area contributed by atoms with Gasteiger partial charge in [0.25, 0.3) is 5.91 Å². The largest absolute Gasteiger partial charge is 0.496 e. The fourth-order valence-corrected chi connectivity index (χ4v) is 7.67. The fourth-order valence-electron chi connectivity index (χ4n) is 7.30.